The molecule has 1 unspecified atom stereocenters. The Morgan fingerprint density at radius 3 is 2.24 bits per heavy atom. The van der Waals surface area contributed by atoms with E-state index in [-0.39, 0.29) is 28.2 Å². The SMILES string of the molecule is C=C(NC(=O)C(C)Br)Sc1cc2c(cc1C(C)C)OC(F)(F)O2.CC. The molecule has 0 fully saturated rings. The molecule has 1 aromatic carbocycles. The molecular weight excluding hydrogens is 416 g/mol. The van der Waals surface area contributed by atoms with E-state index in [1.807, 2.05) is 27.7 Å². The molecule has 1 amide bonds. The Kier molecular flexibility index (Phi) is 7.74. The Morgan fingerprint density at radius 1 is 1.24 bits per heavy atom. The number of carbonyl (C=O) groups excluding carboxylic acids is 1. The normalized spacial score (nSPS) is 15.2. The molecule has 0 saturated carbocycles. The first kappa shape index (κ1) is 21.8. The average molecular weight is 438 g/mol. The number of alkyl halides is 3. The smallest absolute Gasteiger partial charge is 0.395 e. The lowest BCUT2D eigenvalue weighted by atomic mass is 10.0. The zero-order valence-corrected chi connectivity index (χ0v) is 17.2. The second-order valence-corrected chi connectivity index (χ2v) is 7.80. The molecule has 0 spiro atoms. The van der Waals surface area contributed by atoms with Crippen LogP contribution in [-0.4, -0.2) is 17.0 Å². The number of benzene rings is 1. The Labute approximate surface area is 159 Å². The molecule has 1 heterocycles. The lowest BCUT2D eigenvalue weighted by Crippen LogP contribution is -2.27. The molecule has 0 saturated heterocycles. The van der Waals surface area contributed by atoms with Crippen LogP contribution in [0.25, 0.3) is 0 Å². The van der Waals surface area contributed by atoms with E-state index in [0.717, 1.165) is 5.56 Å². The van der Waals surface area contributed by atoms with Crippen LogP contribution in [-0.2, 0) is 4.79 Å². The van der Waals surface area contributed by atoms with Crippen LogP contribution in [0, 0.1) is 0 Å². The molecule has 1 atom stereocenters. The molecule has 0 aliphatic carbocycles. The highest BCUT2D eigenvalue weighted by molar-refractivity contribution is 9.10. The summed E-state index contributed by atoms with van der Waals surface area (Å²) in [6.07, 6.45) is -3.66. The highest BCUT2D eigenvalue weighted by Gasteiger charge is 2.44. The maximum absolute atomic E-state index is 13.2. The summed E-state index contributed by atoms with van der Waals surface area (Å²) >= 11 is 4.34. The molecule has 140 valence electrons. The number of halogens is 3. The number of rotatable bonds is 5. The van der Waals surface area contributed by atoms with Gasteiger partial charge in [-0.1, -0.05) is 62.0 Å². The van der Waals surface area contributed by atoms with E-state index in [4.69, 9.17) is 0 Å². The van der Waals surface area contributed by atoms with Gasteiger partial charge in [0.15, 0.2) is 11.5 Å². The first-order chi connectivity index (χ1) is 11.6. The van der Waals surface area contributed by atoms with Crippen LogP contribution in [0.1, 0.15) is 46.1 Å². The third-order valence-corrected chi connectivity index (χ3v) is 4.35. The van der Waals surface area contributed by atoms with Crippen molar-refractivity contribution in [1.82, 2.24) is 5.32 Å². The summed E-state index contributed by atoms with van der Waals surface area (Å²) in [7, 11) is 0. The van der Waals surface area contributed by atoms with Crippen LogP contribution in [0.2, 0.25) is 0 Å². The monoisotopic (exact) mass is 437 g/mol. The van der Waals surface area contributed by atoms with E-state index in [2.05, 4.69) is 37.3 Å². The van der Waals surface area contributed by atoms with Gasteiger partial charge in [-0.25, -0.2) is 0 Å². The molecule has 0 radical (unpaired) electrons. The van der Waals surface area contributed by atoms with E-state index in [0.29, 0.717) is 9.92 Å². The molecule has 0 aromatic heterocycles. The molecule has 1 N–H and O–H groups in total. The number of amides is 1. The van der Waals surface area contributed by atoms with Gasteiger partial charge in [0, 0.05) is 4.90 Å². The predicted molar refractivity (Wildman–Crippen MR) is 99.6 cm³/mol. The summed E-state index contributed by atoms with van der Waals surface area (Å²) < 4.78 is 35.3. The van der Waals surface area contributed by atoms with Crippen LogP contribution in [0.3, 0.4) is 0 Å². The van der Waals surface area contributed by atoms with Gasteiger partial charge in [-0.15, -0.1) is 8.78 Å². The molecule has 8 heteroatoms. The second kappa shape index (κ2) is 8.89. The van der Waals surface area contributed by atoms with Gasteiger partial charge in [-0.05, 0) is 30.5 Å². The summed E-state index contributed by atoms with van der Waals surface area (Å²) in [5.74, 6) is -0.193. The highest BCUT2D eigenvalue weighted by atomic mass is 79.9. The zero-order chi connectivity index (χ0) is 19.4. The Morgan fingerprint density at radius 2 is 1.76 bits per heavy atom. The maximum Gasteiger partial charge on any atom is 0.586 e. The van der Waals surface area contributed by atoms with Crippen molar-refractivity contribution in [1.29, 1.82) is 0 Å². The zero-order valence-electron chi connectivity index (χ0n) is 14.8. The summed E-state index contributed by atoms with van der Waals surface area (Å²) in [5, 5.41) is 3.04. The Balaban J connectivity index is 0.00000151. The minimum atomic E-state index is -3.66. The maximum atomic E-state index is 13.2. The lowest BCUT2D eigenvalue weighted by Gasteiger charge is -2.15. The summed E-state index contributed by atoms with van der Waals surface area (Å²) in [5.41, 5.74) is 0.803. The van der Waals surface area contributed by atoms with E-state index in [1.54, 1.807) is 6.92 Å². The molecule has 1 aliphatic heterocycles. The van der Waals surface area contributed by atoms with Gasteiger partial charge in [-0.3, -0.25) is 4.79 Å². The van der Waals surface area contributed by atoms with Crippen molar-refractivity contribution in [2.45, 2.75) is 56.6 Å². The van der Waals surface area contributed by atoms with Crippen molar-refractivity contribution in [2.24, 2.45) is 0 Å². The first-order valence-corrected chi connectivity index (χ1v) is 9.57. The fraction of sp³-hybridized carbons (Fsp3) is 0.471. The minimum Gasteiger partial charge on any atom is -0.395 e. The van der Waals surface area contributed by atoms with E-state index in [1.165, 1.54) is 23.9 Å². The van der Waals surface area contributed by atoms with E-state index < -0.39 is 6.29 Å². The largest absolute Gasteiger partial charge is 0.586 e. The topological polar surface area (TPSA) is 47.6 Å². The van der Waals surface area contributed by atoms with Crippen molar-refractivity contribution in [2.75, 3.05) is 0 Å². The predicted octanol–water partition coefficient (Wildman–Crippen LogP) is 5.62. The van der Waals surface area contributed by atoms with Gasteiger partial charge in [0.1, 0.15) is 0 Å². The van der Waals surface area contributed by atoms with Crippen LogP contribution < -0.4 is 14.8 Å². The molecule has 1 aromatic rings. The van der Waals surface area contributed by atoms with Crippen LogP contribution >= 0.6 is 27.7 Å². The fourth-order valence-electron chi connectivity index (χ4n) is 1.93. The van der Waals surface area contributed by atoms with Crippen molar-refractivity contribution < 1.29 is 23.0 Å². The third kappa shape index (κ3) is 5.88. The van der Waals surface area contributed by atoms with Crippen molar-refractivity contribution in [3.8, 4) is 11.5 Å². The first-order valence-electron chi connectivity index (χ1n) is 7.84. The van der Waals surface area contributed by atoms with Crippen LogP contribution in [0.4, 0.5) is 8.78 Å². The fourth-order valence-corrected chi connectivity index (χ4v) is 3.04. The summed E-state index contributed by atoms with van der Waals surface area (Å²) in [6, 6.07) is 3.01. The van der Waals surface area contributed by atoms with Gasteiger partial charge in [0.25, 0.3) is 0 Å². The lowest BCUT2D eigenvalue weighted by molar-refractivity contribution is -0.286. The highest BCUT2D eigenvalue weighted by Crippen LogP contribution is 2.46. The number of carbonyl (C=O) groups is 1. The Bertz CT molecular complexity index is 651. The standard InChI is InChI=1S/C15H16BrF2NO3S.C2H6/c1-7(2)10-5-11-12(22-15(17,18)21-11)6-13(10)23-9(4)19-14(20)8(3)16;1-2/h5-8H,4H2,1-3H3,(H,19,20);1-2H3. The molecule has 0 bridgehead atoms. The average Bonchev–Trinajstić information content (AvgIpc) is 2.80. The van der Waals surface area contributed by atoms with Crippen molar-refractivity contribution in [3.63, 3.8) is 0 Å². The van der Waals surface area contributed by atoms with E-state index in [9.17, 15) is 13.6 Å². The Hall–Kier alpha value is -1.28. The van der Waals surface area contributed by atoms with Crippen molar-refractivity contribution >= 4 is 33.6 Å². The van der Waals surface area contributed by atoms with Gasteiger partial charge >= 0.3 is 6.29 Å². The van der Waals surface area contributed by atoms with Gasteiger partial charge in [-0.2, -0.15) is 0 Å². The van der Waals surface area contributed by atoms with E-state index >= 15 is 0 Å². The van der Waals surface area contributed by atoms with Gasteiger partial charge < -0.3 is 14.8 Å². The molecule has 1 aliphatic rings. The summed E-state index contributed by atoms with van der Waals surface area (Å²) in [4.78, 5) is 12.0. The number of nitrogens with one attached hydrogen (secondary N) is 1. The van der Waals surface area contributed by atoms with Gasteiger partial charge in [0.2, 0.25) is 5.91 Å². The van der Waals surface area contributed by atoms with Crippen LogP contribution in [0.15, 0.2) is 28.6 Å². The molecular formula is C17H22BrF2NO3S. The number of thioether (sulfide) groups is 1. The quantitative estimate of drug-likeness (QED) is 0.479. The number of hydrogen-bond donors (Lipinski definition) is 1. The molecule has 25 heavy (non-hydrogen) atoms. The minimum absolute atomic E-state index is 0.00628. The third-order valence-electron chi connectivity index (χ3n) is 3.01. The molecule has 2 rings (SSSR count). The molecule has 4 nitrogen and oxygen atoms in total. The summed E-state index contributed by atoms with van der Waals surface area (Å²) in [6.45, 7) is 13.3. The number of fused-ring (bicyclic) bond motifs is 1. The number of ether oxygens (including phenoxy) is 2. The second-order valence-electron chi connectivity index (χ2n) is 5.29. The van der Waals surface area contributed by atoms with Crippen molar-refractivity contribution in [3.05, 3.63) is 29.3 Å². The number of hydrogen-bond acceptors (Lipinski definition) is 4. The van der Waals surface area contributed by atoms with Crippen LogP contribution in [0.5, 0.6) is 11.5 Å². The van der Waals surface area contributed by atoms with Gasteiger partial charge in [0.05, 0.1) is 9.86 Å².